The van der Waals surface area contributed by atoms with E-state index >= 15 is 0 Å². The van der Waals surface area contributed by atoms with Crippen LogP contribution < -0.4 is 5.32 Å². The van der Waals surface area contributed by atoms with Crippen LogP contribution in [-0.2, 0) is 6.42 Å². The van der Waals surface area contributed by atoms with E-state index in [0.717, 1.165) is 11.8 Å². The van der Waals surface area contributed by atoms with Crippen LogP contribution in [0.3, 0.4) is 0 Å². The van der Waals surface area contributed by atoms with Gasteiger partial charge >= 0.3 is 0 Å². The Morgan fingerprint density at radius 3 is 2.85 bits per heavy atom. The van der Waals surface area contributed by atoms with Crippen molar-refractivity contribution in [2.75, 3.05) is 5.32 Å². The summed E-state index contributed by atoms with van der Waals surface area (Å²) < 4.78 is 19.7. The van der Waals surface area contributed by atoms with Gasteiger partial charge in [0.2, 0.25) is 5.82 Å². The second-order valence-electron chi connectivity index (χ2n) is 6.11. The molecule has 0 aliphatic heterocycles. The molecule has 4 rings (SSSR count). The molecular weight excluding hydrogens is 349 g/mol. The number of amides is 1. The maximum Gasteiger partial charge on any atom is 0.255 e. The van der Waals surface area contributed by atoms with Crippen molar-refractivity contribution in [3.05, 3.63) is 59.4 Å². The van der Waals surface area contributed by atoms with Crippen LogP contribution in [0.5, 0.6) is 0 Å². The van der Waals surface area contributed by atoms with E-state index in [4.69, 9.17) is 4.42 Å². The number of benzene rings is 2. The maximum atomic E-state index is 14.0. The van der Waals surface area contributed by atoms with Crippen molar-refractivity contribution < 1.29 is 13.6 Å². The maximum absolute atomic E-state index is 14.0. The van der Waals surface area contributed by atoms with Gasteiger partial charge in [0.15, 0.2) is 5.76 Å². The summed E-state index contributed by atoms with van der Waals surface area (Å²) in [6.45, 7) is 1.99. The molecule has 4 aromatic rings. The molecule has 2 aromatic carbocycles. The van der Waals surface area contributed by atoms with Gasteiger partial charge in [-0.3, -0.25) is 4.79 Å². The Kier molecular flexibility index (Phi) is 4.37. The van der Waals surface area contributed by atoms with Gasteiger partial charge in [-0.25, -0.2) is 4.39 Å². The number of halogens is 1. The minimum absolute atomic E-state index is 0.319. The zero-order valence-corrected chi connectivity index (χ0v) is 14.5. The first-order valence-corrected chi connectivity index (χ1v) is 8.51. The molecule has 8 heteroatoms. The lowest BCUT2D eigenvalue weighted by molar-refractivity contribution is 0.102. The van der Waals surface area contributed by atoms with Gasteiger partial charge in [0.1, 0.15) is 11.4 Å². The predicted octanol–water partition coefficient (Wildman–Crippen LogP) is 3.96. The summed E-state index contributed by atoms with van der Waals surface area (Å²) in [5, 5.41) is 17.1. The normalized spacial score (nSPS) is 11.0. The predicted molar refractivity (Wildman–Crippen MR) is 97.7 cm³/mol. The van der Waals surface area contributed by atoms with Gasteiger partial charge in [0.05, 0.1) is 0 Å². The second kappa shape index (κ2) is 6.99. The second-order valence-corrected chi connectivity index (χ2v) is 6.11. The van der Waals surface area contributed by atoms with E-state index < -0.39 is 0 Å². The largest absolute Gasteiger partial charge is 0.453 e. The molecule has 2 heterocycles. The number of anilines is 1. The lowest BCUT2D eigenvalue weighted by Gasteiger charge is -2.08. The Balaban J connectivity index is 1.56. The van der Waals surface area contributed by atoms with Crippen LogP contribution in [0.1, 0.15) is 29.3 Å². The average Bonchev–Trinajstić information content (AvgIpc) is 3.32. The van der Waals surface area contributed by atoms with E-state index in [1.807, 2.05) is 6.92 Å². The van der Waals surface area contributed by atoms with Crippen molar-refractivity contribution in [1.29, 1.82) is 0 Å². The molecule has 0 fully saturated rings. The van der Waals surface area contributed by atoms with Crippen LogP contribution in [0.25, 0.3) is 22.6 Å². The molecule has 0 radical (unpaired) electrons. The standard InChI is InChI=1S/C19H16FN5O2/c1-2-3-11-6-7-14(10-15(11)20)21-19(26)13-5-4-12-8-17(27-16(12)9-13)18-22-24-25-23-18/h4-10H,2-3H2,1H3,(H,21,26)(H,22,23,24,25). The molecule has 0 saturated heterocycles. The number of rotatable bonds is 5. The molecule has 136 valence electrons. The van der Waals surface area contributed by atoms with Crippen LogP contribution in [0.4, 0.5) is 10.1 Å². The first kappa shape index (κ1) is 16.9. The molecule has 2 aromatic heterocycles. The fourth-order valence-corrected chi connectivity index (χ4v) is 2.85. The lowest BCUT2D eigenvalue weighted by atomic mass is 10.1. The number of H-pyrrole nitrogens is 1. The van der Waals surface area contributed by atoms with Gasteiger partial charge in [-0.05, 0) is 47.5 Å². The smallest absolute Gasteiger partial charge is 0.255 e. The fourth-order valence-electron chi connectivity index (χ4n) is 2.85. The number of nitrogens with one attached hydrogen (secondary N) is 2. The highest BCUT2D eigenvalue weighted by Crippen LogP contribution is 2.26. The van der Waals surface area contributed by atoms with Crippen molar-refractivity contribution >= 4 is 22.6 Å². The van der Waals surface area contributed by atoms with Crippen LogP contribution in [0.15, 0.2) is 46.9 Å². The minimum atomic E-state index is -0.350. The minimum Gasteiger partial charge on any atom is -0.453 e. The number of aromatic amines is 1. The number of tetrazole rings is 1. The molecular formula is C19H16FN5O2. The van der Waals surface area contributed by atoms with E-state index in [-0.39, 0.29) is 11.7 Å². The van der Waals surface area contributed by atoms with Crippen LogP contribution in [0.2, 0.25) is 0 Å². The van der Waals surface area contributed by atoms with E-state index in [0.29, 0.717) is 40.4 Å². The molecule has 27 heavy (non-hydrogen) atoms. The van der Waals surface area contributed by atoms with E-state index in [1.165, 1.54) is 6.07 Å². The van der Waals surface area contributed by atoms with E-state index in [2.05, 4.69) is 25.9 Å². The van der Waals surface area contributed by atoms with Gasteiger partial charge in [0.25, 0.3) is 5.91 Å². The third kappa shape index (κ3) is 3.41. The van der Waals surface area contributed by atoms with Crippen molar-refractivity contribution in [3.8, 4) is 11.6 Å². The van der Waals surface area contributed by atoms with Crippen molar-refractivity contribution in [2.45, 2.75) is 19.8 Å². The third-order valence-corrected chi connectivity index (χ3v) is 4.18. The Hall–Kier alpha value is -3.55. The number of aryl methyl sites for hydroxylation is 1. The van der Waals surface area contributed by atoms with Crippen molar-refractivity contribution in [1.82, 2.24) is 20.6 Å². The molecule has 0 aliphatic carbocycles. The average molecular weight is 365 g/mol. The monoisotopic (exact) mass is 365 g/mol. The molecule has 0 saturated carbocycles. The van der Waals surface area contributed by atoms with E-state index in [1.54, 1.807) is 36.4 Å². The fraction of sp³-hybridized carbons (Fsp3) is 0.158. The van der Waals surface area contributed by atoms with Crippen molar-refractivity contribution in [2.24, 2.45) is 0 Å². The van der Waals surface area contributed by atoms with Gasteiger partial charge < -0.3 is 9.73 Å². The third-order valence-electron chi connectivity index (χ3n) is 4.18. The Morgan fingerprint density at radius 2 is 2.11 bits per heavy atom. The molecule has 0 atom stereocenters. The SMILES string of the molecule is CCCc1ccc(NC(=O)c2ccc3cc(-c4nn[nH]n4)oc3c2)cc1F. The summed E-state index contributed by atoms with van der Waals surface area (Å²) in [4.78, 5) is 12.5. The molecule has 0 aliphatic rings. The summed E-state index contributed by atoms with van der Waals surface area (Å²) in [5.74, 6) is 0.114. The van der Waals surface area contributed by atoms with Gasteiger partial charge in [-0.15, -0.1) is 10.2 Å². The van der Waals surface area contributed by atoms with Gasteiger partial charge in [-0.2, -0.15) is 5.21 Å². The quantitative estimate of drug-likeness (QED) is 0.558. The Bertz CT molecular complexity index is 1100. The summed E-state index contributed by atoms with van der Waals surface area (Å²) in [6, 6.07) is 11.6. The molecule has 0 bridgehead atoms. The summed E-state index contributed by atoms with van der Waals surface area (Å²) >= 11 is 0. The first-order valence-electron chi connectivity index (χ1n) is 8.51. The summed E-state index contributed by atoms with van der Waals surface area (Å²) in [5.41, 5.74) is 1.97. The highest BCUT2D eigenvalue weighted by Gasteiger charge is 2.13. The van der Waals surface area contributed by atoms with Crippen LogP contribution in [-0.4, -0.2) is 26.5 Å². The van der Waals surface area contributed by atoms with E-state index in [9.17, 15) is 9.18 Å². The molecule has 1 amide bonds. The van der Waals surface area contributed by atoms with Crippen LogP contribution in [0, 0.1) is 5.82 Å². The van der Waals surface area contributed by atoms with Gasteiger partial charge in [-0.1, -0.05) is 25.5 Å². The number of carbonyl (C=O) groups excluding carboxylic acids is 1. The lowest BCUT2D eigenvalue weighted by Crippen LogP contribution is -2.12. The zero-order chi connectivity index (χ0) is 18.8. The summed E-state index contributed by atoms with van der Waals surface area (Å²) in [6.07, 6.45) is 1.52. The zero-order valence-electron chi connectivity index (χ0n) is 14.5. The number of hydrogen-bond donors (Lipinski definition) is 2. The molecule has 0 unspecified atom stereocenters. The highest BCUT2D eigenvalue weighted by molar-refractivity contribution is 6.06. The highest BCUT2D eigenvalue weighted by atomic mass is 19.1. The number of fused-ring (bicyclic) bond motifs is 1. The molecule has 7 nitrogen and oxygen atoms in total. The van der Waals surface area contributed by atoms with Crippen molar-refractivity contribution in [3.63, 3.8) is 0 Å². The number of furan rings is 1. The topological polar surface area (TPSA) is 96.7 Å². The molecule has 0 spiro atoms. The first-order chi connectivity index (χ1) is 13.1. The molecule has 2 N–H and O–H groups in total. The Morgan fingerprint density at radius 1 is 1.22 bits per heavy atom. The number of nitrogens with zero attached hydrogens (tertiary/aromatic N) is 3. The summed E-state index contributed by atoms with van der Waals surface area (Å²) in [7, 11) is 0. The number of carbonyl (C=O) groups is 1. The van der Waals surface area contributed by atoms with Gasteiger partial charge in [0, 0.05) is 16.6 Å². The van der Waals surface area contributed by atoms with Crippen LogP contribution >= 0.6 is 0 Å². The number of aromatic nitrogens is 4. The number of hydrogen-bond acceptors (Lipinski definition) is 5. The Labute approximate surface area is 153 Å².